The van der Waals surface area contributed by atoms with Gasteiger partial charge in [0.1, 0.15) is 0 Å². The summed E-state index contributed by atoms with van der Waals surface area (Å²) < 4.78 is 1.06. The molecule has 16 heavy (non-hydrogen) atoms. The van der Waals surface area contributed by atoms with Crippen molar-refractivity contribution >= 4 is 15.9 Å². The molecule has 0 amide bonds. The molecule has 1 N–H and O–H groups in total. The molecular weight excluding hydrogens is 264 g/mol. The molecule has 1 atom stereocenters. The molecule has 1 rings (SSSR count). The van der Waals surface area contributed by atoms with E-state index in [0.29, 0.717) is 5.41 Å². The highest BCUT2D eigenvalue weighted by Crippen LogP contribution is 2.26. The van der Waals surface area contributed by atoms with Crippen LogP contribution >= 0.6 is 15.9 Å². The van der Waals surface area contributed by atoms with Crippen LogP contribution in [0.5, 0.6) is 0 Å². The van der Waals surface area contributed by atoms with Crippen LogP contribution < -0.4 is 5.32 Å². The van der Waals surface area contributed by atoms with Gasteiger partial charge < -0.3 is 5.32 Å². The van der Waals surface area contributed by atoms with Gasteiger partial charge in [0.05, 0.1) is 0 Å². The van der Waals surface area contributed by atoms with Gasteiger partial charge in [-0.2, -0.15) is 0 Å². The lowest BCUT2D eigenvalue weighted by molar-refractivity contribution is 0.292. The van der Waals surface area contributed by atoms with Crippen LogP contribution in [0.4, 0.5) is 0 Å². The second-order valence-corrected chi connectivity index (χ2v) is 5.55. The van der Waals surface area contributed by atoms with Crippen LogP contribution in [0.2, 0.25) is 0 Å². The van der Waals surface area contributed by atoms with Crippen LogP contribution in [0, 0.1) is 5.41 Å². The first-order chi connectivity index (χ1) is 7.59. The standard InChI is InChI=1S/C13H21BrN2/c1-4-13(3,10-15-5-2)7-11-6-12(14)9-16-8-11/h6,8-9,15H,4-5,7,10H2,1-3H3. The van der Waals surface area contributed by atoms with E-state index < -0.39 is 0 Å². The molecule has 0 radical (unpaired) electrons. The van der Waals surface area contributed by atoms with E-state index in [1.165, 1.54) is 12.0 Å². The average molecular weight is 285 g/mol. The first-order valence-electron chi connectivity index (χ1n) is 5.90. The number of aromatic nitrogens is 1. The summed E-state index contributed by atoms with van der Waals surface area (Å²) in [5, 5.41) is 3.44. The largest absolute Gasteiger partial charge is 0.316 e. The van der Waals surface area contributed by atoms with Crippen LogP contribution in [-0.2, 0) is 6.42 Å². The number of pyridine rings is 1. The Morgan fingerprint density at radius 3 is 2.69 bits per heavy atom. The molecular formula is C13H21BrN2. The monoisotopic (exact) mass is 284 g/mol. The molecule has 1 aromatic heterocycles. The molecule has 90 valence electrons. The van der Waals surface area contributed by atoms with Crippen molar-refractivity contribution in [2.45, 2.75) is 33.6 Å². The summed E-state index contributed by atoms with van der Waals surface area (Å²) in [5.74, 6) is 0. The highest BCUT2D eigenvalue weighted by atomic mass is 79.9. The maximum Gasteiger partial charge on any atom is 0.0410 e. The molecule has 0 saturated heterocycles. The van der Waals surface area contributed by atoms with Crippen LogP contribution in [0.3, 0.4) is 0 Å². The van der Waals surface area contributed by atoms with E-state index in [0.717, 1.165) is 24.0 Å². The quantitative estimate of drug-likeness (QED) is 0.866. The molecule has 1 aromatic rings. The number of nitrogens with one attached hydrogen (secondary N) is 1. The number of nitrogens with zero attached hydrogens (tertiary/aromatic N) is 1. The number of hydrogen-bond donors (Lipinski definition) is 1. The Morgan fingerprint density at radius 1 is 1.38 bits per heavy atom. The third-order valence-electron chi connectivity index (χ3n) is 3.05. The fraction of sp³-hybridized carbons (Fsp3) is 0.615. The van der Waals surface area contributed by atoms with Gasteiger partial charge in [-0.15, -0.1) is 0 Å². The van der Waals surface area contributed by atoms with Crippen molar-refractivity contribution in [1.29, 1.82) is 0 Å². The summed E-state index contributed by atoms with van der Waals surface area (Å²) in [6.07, 6.45) is 6.04. The maximum absolute atomic E-state index is 4.22. The van der Waals surface area contributed by atoms with Gasteiger partial charge in [-0.25, -0.2) is 0 Å². The van der Waals surface area contributed by atoms with Crippen molar-refractivity contribution in [3.63, 3.8) is 0 Å². The van der Waals surface area contributed by atoms with Gasteiger partial charge in [0.15, 0.2) is 0 Å². The molecule has 1 heterocycles. The Hall–Kier alpha value is -0.410. The maximum atomic E-state index is 4.22. The van der Waals surface area contributed by atoms with Gasteiger partial charge in [-0.3, -0.25) is 4.98 Å². The van der Waals surface area contributed by atoms with E-state index in [1.54, 1.807) is 0 Å². The second kappa shape index (κ2) is 6.36. The second-order valence-electron chi connectivity index (χ2n) is 4.63. The molecule has 0 saturated carbocycles. The molecule has 0 aliphatic rings. The van der Waals surface area contributed by atoms with E-state index in [9.17, 15) is 0 Å². The fourth-order valence-corrected chi connectivity index (χ4v) is 2.20. The van der Waals surface area contributed by atoms with E-state index >= 15 is 0 Å². The Bertz CT molecular complexity index is 327. The Balaban J connectivity index is 2.68. The summed E-state index contributed by atoms with van der Waals surface area (Å²) in [6.45, 7) is 8.83. The third kappa shape index (κ3) is 4.22. The SMILES string of the molecule is CCNCC(C)(CC)Cc1cncc(Br)c1. The van der Waals surface area contributed by atoms with Crippen LogP contribution in [0.15, 0.2) is 22.9 Å². The lowest BCUT2D eigenvalue weighted by Crippen LogP contribution is -2.33. The van der Waals surface area contributed by atoms with E-state index in [2.05, 4.69) is 53.1 Å². The number of rotatable bonds is 6. The predicted octanol–water partition coefficient (Wildman–Crippen LogP) is 3.41. The van der Waals surface area contributed by atoms with Crippen molar-refractivity contribution in [2.75, 3.05) is 13.1 Å². The summed E-state index contributed by atoms with van der Waals surface area (Å²) in [4.78, 5) is 4.22. The van der Waals surface area contributed by atoms with Gasteiger partial charge in [0.25, 0.3) is 0 Å². The van der Waals surface area contributed by atoms with Crippen molar-refractivity contribution in [3.8, 4) is 0 Å². The zero-order chi connectivity index (χ0) is 12.0. The lowest BCUT2D eigenvalue weighted by Gasteiger charge is -2.28. The first-order valence-corrected chi connectivity index (χ1v) is 6.69. The predicted molar refractivity (Wildman–Crippen MR) is 72.6 cm³/mol. The minimum Gasteiger partial charge on any atom is -0.316 e. The van der Waals surface area contributed by atoms with Crippen LogP contribution in [0.25, 0.3) is 0 Å². The minimum atomic E-state index is 0.318. The van der Waals surface area contributed by atoms with Crippen LogP contribution in [-0.4, -0.2) is 18.1 Å². The summed E-state index contributed by atoms with van der Waals surface area (Å²) in [7, 11) is 0. The molecule has 0 aliphatic carbocycles. The minimum absolute atomic E-state index is 0.318. The Labute approximate surface area is 107 Å². The molecule has 0 aromatic carbocycles. The third-order valence-corrected chi connectivity index (χ3v) is 3.48. The molecule has 0 fully saturated rings. The smallest absolute Gasteiger partial charge is 0.0410 e. The van der Waals surface area contributed by atoms with Gasteiger partial charge >= 0.3 is 0 Å². The van der Waals surface area contributed by atoms with E-state index in [4.69, 9.17) is 0 Å². The normalized spacial score (nSPS) is 14.8. The van der Waals surface area contributed by atoms with Crippen molar-refractivity contribution in [1.82, 2.24) is 10.3 Å². The fourth-order valence-electron chi connectivity index (χ4n) is 1.78. The zero-order valence-corrected chi connectivity index (χ0v) is 12.0. The number of hydrogen-bond acceptors (Lipinski definition) is 2. The van der Waals surface area contributed by atoms with Gasteiger partial charge in [-0.05, 0) is 52.4 Å². The number of halogens is 1. The van der Waals surface area contributed by atoms with Gasteiger partial charge in [0, 0.05) is 23.4 Å². The average Bonchev–Trinajstić information content (AvgIpc) is 2.26. The molecule has 0 aliphatic heterocycles. The summed E-state index contributed by atoms with van der Waals surface area (Å²) in [5.41, 5.74) is 1.62. The lowest BCUT2D eigenvalue weighted by atomic mass is 9.81. The highest BCUT2D eigenvalue weighted by molar-refractivity contribution is 9.10. The van der Waals surface area contributed by atoms with Crippen molar-refractivity contribution in [2.24, 2.45) is 5.41 Å². The van der Waals surface area contributed by atoms with Gasteiger partial charge in [0.2, 0.25) is 0 Å². The molecule has 2 nitrogen and oxygen atoms in total. The topological polar surface area (TPSA) is 24.9 Å². The highest BCUT2D eigenvalue weighted by Gasteiger charge is 2.22. The first kappa shape index (κ1) is 13.7. The zero-order valence-electron chi connectivity index (χ0n) is 10.4. The Morgan fingerprint density at radius 2 is 2.12 bits per heavy atom. The van der Waals surface area contributed by atoms with Crippen LogP contribution in [0.1, 0.15) is 32.8 Å². The van der Waals surface area contributed by atoms with E-state index in [1.807, 2.05) is 12.4 Å². The molecule has 0 spiro atoms. The van der Waals surface area contributed by atoms with Gasteiger partial charge in [-0.1, -0.05) is 20.8 Å². The summed E-state index contributed by atoms with van der Waals surface area (Å²) in [6, 6.07) is 2.16. The van der Waals surface area contributed by atoms with E-state index in [-0.39, 0.29) is 0 Å². The Kier molecular flexibility index (Phi) is 5.42. The summed E-state index contributed by atoms with van der Waals surface area (Å²) >= 11 is 3.47. The molecule has 1 unspecified atom stereocenters. The molecule has 3 heteroatoms. The van der Waals surface area contributed by atoms with Crippen molar-refractivity contribution in [3.05, 3.63) is 28.5 Å². The molecule has 0 bridgehead atoms. The van der Waals surface area contributed by atoms with Crippen molar-refractivity contribution < 1.29 is 0 Å².